The fourth-order valence-electron chi connectivity index (χ4n) is 1.79. The van der Waals surface area contributed by atoms with Crippen LogP contribution in [-0.4, -0.2) is 37.9 Å². The minimum atomic E-state index is 0.531. The van der Waals surface area contributed by atoms with Crippen LogP contribution in [0.5, 0.6) is 0 Å². The van der Waals surface area contributed by atoms with E-state index < -0.39 is 0 Å². The molecule has 0 aliphatic carbocycles. The number of rotatable bonds is 0. The molecule has 2 atom stereocenters. The van der Waals surface area contributed by atoms with E-state index in [1.54, 1.807) is 0 Å². The van der Waals surface area contributed by atoms with E-state index in [0.717, 1.165) is 19.5 Å². The quantitative estimate of drug-likeness (QED) is 0.470. The highest BCUT2D eigenvalue weighted by Gasteiger charge is 2.32. The van der Waals surface area contributed by atoms with Crippen molar-refractivity contribution in [2.75, 3.05) is 20.1 Å². The molecule has 2 heterocycles. The number of piperazine rings is 1. The molecule has 2 saturated heterocycles. The Bertz CT molecular complexity index is 164. The Morgan fingerprint density at radius 1 is 1.50 bits per heavy atom. The first-order valence-corrected chi connectivity index (χ1v) is 3.82. The fourth-order valence-corrected chi connectivity index (χ4v) is 1.79. The summed E-state index contributed by atoms with van der Waals surface area (Å²) < 4.78 is 0. The van der Waals surface area contributed by atoms with Gasteiger partial charge in [-0.2, -0.15) is 0 Å². The third-order valence-corrected chi connectivity index (χ3v) is 2.32. The molecule has 0 aromatic carbocycles. The number of hydrogen-bond acceptors (Lipinski definition) is 3. The molecular formula is C7H13N3. The van der Waals surface area contributed by atoms with Crippen LogP contribution >= 0.6 is 0 Å². The summed E-state index contributed by atoms with van der Waals surface area (Å²) in [6, 6.07) is 1.18. The highest BCUT2D eigenvalue weighted by atomic mass is 15.1. The normalized spacial score (nSPS) is 42.7. The highest BCUT2D eigenvalue weighted by Crippen LogP contribution is 2.12. The topological polar surface area (TPSA) is 36.4 Å². The Kier molecular flexibility index (Phi) is 1.47. The highest BCUT2D eigenvalue weighted by molar-refractivity contribution is 5.92. The number of nitrogens with zero attached hydrogens (tertiary/aromatic N) is 1. The van der Waals surface area contributed by atoms with Crippen LogP contribution in [0, 0.1) is 0 Å². The lowest BCUT2D eigenvalue weighted by Gasteiger charge is -2.20. The van der Waals surface area contributed by atoms with E-state index in [-0.39, 0.29) is 0 Å². The van der Waals surface area contributed by atoms with Gasteiger partial charge in [-0.1, -0.05) is 0 Å². The van der Waals surface area contributed by atoms with Gasteiger partial charge < -0.3 is 10.6 Å². The van der Waals surface area contributed by atoms with E-state index in [9.17, 15) is 0 Å². The van der Waals surface area contributed by atoms with Gasteiger partial charge in [-0.3, -0.25) is 4.99 Å². The fraction of sp³-hybridized carbons (Fsp3) is 0.857. The lowest BCUT2D eigenvalue weighted by molar-refractivity contribution is 0.435. The number of hydrogen-bond donors (Lipinski definition) is 2. The van der Waals surface area contributed by atoms with Gasteiger partial charge in [-0.15, -0.1) is 0 Å². The molecule has 0 saturated carbocycles. The van der Waals surface area contributed by atoms with Crippen molar-refractivity contribution in [2.24, 2.45) is 4.99 Å². The third kappa shape index (κ3) is 0.859. The van der Waals surface area contributed by atoms with Crippen molar-refractivity contribution in [1.29, 1.82) is 0 Å². The summed E-state index contributed by atoms with van der Waals surface area (Å²) in [5.74, 6) is 0. The summed E-state index contributed by atoms with van der Waals surface area (Å²) in [5.41, 5.74) is 1.34. The van der Waals surface area contributed by atoms with Gasteiger partial charge in [0.1, 0.15) is 0 Å². The summed E-state index contributed by atoms with van der Waals surface area (Å²) in [7, 11) is 1.89. The predicted molar refractivity (Wildman–Crippen MR) is 41.6 cm³/mol. The van der Waals surface area contributed by atoms with Crippen molar-refractivity contribution in [1.82, 2.24) is 10.6 Å². The Morgan fingerprint density at radius 3 is 3.10 bits per heavy atom. The van der Waals surface area contributed by atoms with Gasteiger partial charge in [0.25, 0.3) is 0 Å². The minimum Gasteiger partial charge on any atom is -0.313 e. The largest absolute Gasteiger partial charge is 0.313 e. The zero-order valence-electron chi connectivity index (χ0n) is 6.22. The average molecular weight is 139 g/mol. The van der Waals surface area contributed by atoms with Crippen molar-refractivity contribution in [2.45, 2.75) is 18.5 Å². The Balaban J connectivity index is 2.15. The van der Waals surface area contributed by atoms with E-state index >= 15 is 0 Å². The van der Waals surface area contributed by atoms with E-state index in [1.807, 2.05) is 7.05 Å². The van der Waals surface area contributed by atoms with Crippen LogP contribution in [0.15, 0.2) is 4.99 Å². The maximum absolute atomic E-state index is 4.24. The molecule has 3 nitrogen and oxygen atoms in total. The van der Waals surface area contributed by atoms with Gasteiger partial charge in [0.2, 0.25) is 0 Å². The second-order valence-corrected chi connectivity index (χ2v) is 2.99. The van der Waals surface area contributed by atoms with Crippen LogP contribution in [0.25, 0.3) is 0 Å². The SMILES string of the molecule is CN=C1CC2CNCC1N2. The van der Waals surface area contributed by atoms with Crippen molar-refractivity contribution >= 4 is 5.71 Å². The van der Waals surface area contributed by atoms with Gasteiger partial charge in [0.05, 0.1) is 6.04 Å². The summed E-state index contributed by atoms with van der Waals surface area (Å²) in [4.78, 5) is 4.24. The molecule has 10 heavy (non-hydrogen) atoms. The minimum absolute atomic E-state index is 0.531. The lowest BCUT2D eigenvalue weighted by atomic mass is 10.2. The zero-order valence-corrected chi connectivity index (χ0v) is 6.22. The van der Waals surface area contributed by atoms with E-state index in [0.29, 0.717) is 12.1 Å². The molecule has 0 radical (unpaired) electrons. The smallest absolute Gasteiger partial charge is 0.0580 e. The van der Waals surface area contributed by atoms with Gasteiger partial charge in [0, 0.05) is 38.3 Å². The predicted octanol–water partition coefficient (Wildman–Crippen LogP) is -0.609. The summed E-state index contributed by atoms with van der Waals surface area (Å²) in [6.07, 6.45) is 1.15. The van der Waals surface area contributed by atoms with Crippen LogP contribution in [0.4, 0.5) is 0 Å². The Hall–Kier alpha value is -0.410. The van der Waals surface area contributed by atoms with Crippen LogP contribution in [-0.2, 0) is 0 Å². The lowest BCUT2D eigenvalue weighted by Crippen LogP contribution is -2.49. The summed E-state index contributed by atoms with van der Waals surface area (Å²) in [6.45, 7) is 2.17. The molecular weight excluding hydrogens is 126 g/mol. The number of nitrogens with one attached hydrogen (secondary N) is 2. The molecule has 2 fully saturated rings. The molecule has 2 unspecified atom stereocenters. The molecule has 0 aromatic heterocycles. The third-order valence-electron chi connectivity index (χ3n) is 2.32. The van der Waals surface area contributed by atoms with E-state index in [1.165, 1.54) is 5.71 Å². The summed E-state index contributed by atoms with van der Waals surface area (Å²) >= 11 is 0. The van der Waals surface area contributed by atoms with Crippen molar-refractivity contribution < 1.29 is 0 Å². The molecule has 0 aromatic rings. The first-order valence-electron chi connectivity index (χ1n) is 3.82. The molecule has 0 spiro atoms. The van der Waals surface area contributed by atoms with E-state index in [2.05, 4.69) is 15.6 Å². The maximum Gasteiger partial charge on any atom is 0.0580 e. The maximum atomic E-state index is 4.24. The molecule has 2 N–H and O–H groups in total. The second-order valence-electron chi connectivity index (χ2n) is 2.99. The Labute approximate surface area is 60.9 Å². The monoisotopic (exact) mass is 139 g/mol. The van der Waals surface area contributed by atoms with Crippen LogP contribution < -0.4 is 10.6 Å². The molecule has 2 aliphatic rings. The first-order chi connectivity index (χ1) is 4.90. The van der Waals surface area contributed by atoms with Gasteiger partial charge in [0.15, 0.2) is 0 Å². The molecule has 56 valence electrons. The average Bonchev–Trinajstić information content (AvgIpc) is 2.26. The van der Waals surface area contributed by atoms with E-state index in [4.69, 9.17) is 0 Å². The van der Waals surface area contributed by atoms with Crippen LogP contribution in [0.2, 0.25) is 0 Å². The van der Waals surface area contributed by atoms with Gasteiger partial charge in [-0.05, 0) is 0 Å². The first kappa shape index (κ1) is 6.31. The second kappa shape index (κ2) is 2.32. The molecule has 0 amide bonds. The molecule has 2 bridgehead atoms. The van der Waals surface area contributed by atoms with Crippen LogP contribution in [0.1, 0.15) is 6.42 Å². The number of aliphatic imine (C=N–C) groups is 1. The van der Waals surface area contributed by atoms with Crippen molar-refractivity contribution in [3.63, 3.8) is 0 Å². The Morgan fingerprint density at radius 2 is 2.40 bits per heavy atom. The van der Waals surface area contributed by atoms with Gasteiger partial charge in [-0.25, -0.2) is 0 Å². The standard InChI is InChI=1S/C7H13N3/c1-8-6-2-5-3-9-4-7(6)10-5/h5,7,9-10H,2-4H2,1H3. The molecule has 2 rings (SSSR count). The zero-order chi connectivity index (χ0) is 6.97. The van der Waals surface area contributed by atoms with Crippen molar-refractivity contribution in [3.8, 4) is 0 Å². The summed E-state index contributed by atoms with van der Waals surface area (Å²) in [5, 5.41) is 6.87. The molecule has 2 aliphatic heterocycles. The van der Waals surface area contributed by atoms with Crippen LogP contribution in [0.3, 0.4) is 0 Å². The number of fused-ring (bicyclic) bond motifs is 2. The van der Waals surface area contributed by atoms with Crippen molar-refractivity contribution in [3.05, 3.63) is 0 Å². The molecule has 3 heteroatoms. The van der Waals surface area contributed by atoms with Gasteiger partial charge >= 0.3 is 0 Å².